The SMILES string of the molecule is CSCc1cccc(N2CCCC2)c1. The summed E-state index contributed by atoms with van der Waals surface area (Å²) in [6.45, 7) is 2.48. The minimum absolute atomic E-state index is 1.13. The van der Waals surface area contributed by atoms with Gasteiger partial charge in [-0.1, -0.05) is 12.1 Å². The molecule has 1 nitrogen and oxygen atoms in total. The molecule has 14 heavy (non-hydrogen) atoms. The van der Waals surface area contributed by atoms with Gasteiger partial charge >= 0.3 is 0 Å². The predicted molar refractivity (Wildman–Crippen MR) is 65.1 cm³/mol. The van der Waals surface area contributed by atoms with Gasteiger partial charge in [-0.05, 0) is 36.8 Å². The van der Waals surface area contributed by atoms with Crippen molar-refractivity contribution in [3.63, 3.8) is 0 Å². The van der Waals surface area contributed by atoms with Crippen LogP contribution < -0.4 is 4.90 Å². The third-order valence-corrected chi connectivity index (χ3v) is 3.31. The molecule has 1 fully saturated rings. The van der Waals surface area contributed by atoms with Crippen LogP contribution in [0.5, 0.6) is 0 Å². The van der Waals surface area contributed by atoms with E-state index < -0.39 is 0 Å². The van der Waals surface area contributed by atoms with Crippen LogP contribution in [0.3, 0.4) is 0 Å². The largest absolute Gasteiger partial charge is 0.372 e. The number of hydrogen-bond acceptors (Lipinski definition) is 2. The average molecular weight is 207 g/mol. The van der Waals surface area contributed by atoms with Crippen molar-refractivity contribution in [2.24, 2.45) is 0 Å². The molecule has 0 radical (unpaired) electrons. The van der Waals surface area contributed by atoms with E-state index in [4.69, 9.17) is 0 Å². The monoisotopic (exact) mass is 207 g/mol. The van der Waals surface area contributed by atoms with Gasteiger partial charge in [-0.2, -0.15) is 11.8 Å². The molecule has 1 aliphatic rings. The quantitative estimate of drug-likeness (QED) is 0.749. The summed E-state index contributed by atoms with van der Waals surface area (Å²) >= 11 is 1.89. The van der Waals surface area contributed by atoms with E-state index in [0.717, 1.165) is 5.75 Å². The number of anilines is 1. The molecule has 0 atom stereocenters. The van der Waals surface area contributed by atoms with Crippen molar-refractivity contribution in [1.29, 1.82) is 0 Å². The lowest BCUT2D eigenvalue weighted by Gasteiger charge is -2.18. The van der Waals surface area contributed by atoms with Crippen molar-refractivity contribution in [3.05, 3.63) is 29.8 Å². The van der Waals surface area contributed by atoms with Crippen LogP contribution in [0.1, 0.15) is 18.4 Å². The zero-order valence-corrected chi connectivity index (χ0v) is 9.52. The molecule has 0 unspecified atom stereocenters. The Hall–Kier alpha value is -0.630. The summed E-state index contributed by atoms with van der Waals surface area (Å²) in [6, 6.07) is 8.96. The first kappa shape index (κ1) is 9.91. The van der Waals surface area contributed by atoms with Gasteiger partial charge in [0, 0.05) is 24.5 Å². The van der Waals surface area contributed by atoms with Crippen molar-refractivity contribution in [1.82, 2.24) is 0 Å². The van der Waals surface area contributed by atoms with E-state index in [1.807, 2.05) is 11.8 Å². The fourth-order valence-electron chi connectivity index (χ4n) is 1.98. The Morgan fingerprint density at radius 3 is 2.79 bits per heavy atom. The van der Waals surface area contributed by atoms with Crippen LogP contribution in [0.15, 0.2) is 24.3 Å². The zero-order chi connectivity index (χ0) is 9.80. The molecular formula is C12H17NS. The fourth-order valence-corrected chi connectivity index (χ4v) is 2.50. The second kappa shape index (κ2) is 4.74. The first-order valence-corrected chi connectivity index (χ1v) is 6.62. The van der Waals surface area contributed by atoms with Gasteiger partial charge in [0.1, 0.15) is 0 Å². The molecule has 1 aromatic rings. The number of nitrogens with zero attached hydrogens (tertiary/aromatic N) is 1. The molecule has 2 rings (SSSR count). The second-order valence-corrected chi connectivity index (χ2v) is 4.66. The minimum atomic E-state index is 1.13. The molecule has 0 N–H and O–H groups in total. The Balaban J connectivity index is 2.12. The van der Waals surface area contributed by atoms with E-state index in [9.17, 15) is 0 Å². The fraction of sp³-hybridized carbons (Fsp3) is 0.500. The number of rotatable bonds is 3. The van der Waals surface area contributed by atoms with Crippen LogP contribution >= 0.6 is 11.8 Å². The van der Waals surface area contributed by atoms with Gasteiger partial charge in [0.2, 0.25) is 0 Å². The molecule has 1 aliphatic heterocycles. The average Bonchev–Trinajstić information content (AvgIpc) is 2.71. The Kier molecular flexibility index (Phi) is 3.35. The van der Waals surface area contributed by atoms with Crippen molar-refractivity contribution in [2.45, 2.75) is 18.6 Å². The van der Waals surface area contributed by atoms with Gasteiger partial charge in [0.25, 0.3) is 0 Å². The maximum atomic E-state index is 2.49. The lowest BCUT2D eigenvalue weighted by Crippen LogP contribution is -2.17. The van der Waals surface area contributed by atoms with Crippen molar-refractivity contribution >= 4 is 17.4 Å². The number of benzene rings is 1. The van der Waals surface area contributed by atoms with E-state index in [-0.39, 0.29) is 0 Å². The highest BCUT2D eigenvalue weighted by Crippen LogP contribution is 2.22. The van der Waals surface area contributed by atoms with Crippen LogP contribution in [-0.4, -0.2) is 19.3 Å². The smallest absolute Gasteiger partial charge is 0.0369 e. The predicted octanol–water partition coefficient (Wildman–Crippen LogP) is 3.15. The van der Waals surface area contributed by atoms with Crippen molar-refractivity contribution < 1.29 is 0 Å². The summed E-state index contributed by atoms with van der Waals surface area (Å²) < 4.78 is 0. The Labute approximate surface area is 90.5 Å². The van der Waals surface area contributed by atoms with E-state index in [2.05, 4.69) is 35.4 Å². The lowest BCUT2D eigenvalue weighted by molar-refractivity contribution is 0.949. The summed E-state index contributed by atoms with van der Waals surface area (Å²) in [7, 11) is 0. The molecule has 1 saturated heterocycles. The van der Waals surface area contributed by atoms with Crippen LogP contribution in [0.4, 0.5) is 5.69 Å². The molecule has 76 valence electrons. The van der Waals surface area contributed by atoms with E-state index in [0.29, 0.717) is 0 Å². The molecule has 0 saturated carbocycles. The highest BCUT2D eigenvalue weighted by Gasteiger charge is 2.11. The summed E-state index contributed by atoms with van der Waals surface area (Å²) in [5, 5.41) is 0. The van der Waals surface area contributed by atoms with Crippen LogP contribution in [0.2, 0.25) is 0 Å². The normalized spacial score (nSPS) is 16.2. The highest BCUT2D eigenvalue weighted by molar-refractivity contribution is 7.97. The maximum Gasteiger partial charge on any atom is 0.0369 e. The molecule has 0 spiro atoms. The summed E-state index contributed by atoms with van der Waals surface area (Å²) in [5.74, 6) is 1.13. The third kappa shape index (κ3) is 2.24. The summed E-state index contributed by atoms with van der Waals surface area (Å²) in [6.07, 6.45) is 4.86. The molecule has 2 heteroatoms. The van der Waals surface area contributed by atoms with E-state index in [1.54, 1.807) is 0 Å². The van der Waals surface area contributed by atoms with E-state index >= 15 is 0 Å². The molecule has 0 aromatic heterocycles. The first-order chi connectivity index (χ1) is 6.90. The van der Waals surface area contributed by atoms with Crippen LogP contribution in [0.25, 0.3) is 0 Å². The van der Waals surface area contributed by atoms with Gasteiger partial charge in [0.05, 0.1) is 0 Å². The lowest BCUT2D eigenvalue weighted by atomic mass is 10.2. The molecule has 0 bridgehead atoms. The maximum absolute atomic E-state index is 2.49. The molecule has 0 amide bonds. The molecule has 0 aliphatic carbocycles. The minimum Gasteiger partial charge on any atom is -0.372 e. The number of hydrogen-bond donors (Lipinski definition) is 0. The Morgan fingerprint density at radius 2 is 2.07 bits per heavy atom. The van der Waals surface area contributed by atoms with Gasteiger partial charge in [-0.15, -0.1) is 0 Å². The molecular weight excluding hydrogens is 190 g/mol. The topological polar surface area (TPSA) is 3.24 Å². The third-order valence-electron chi connectivity index (χ3n) is 2.69. The summed E-state index contributed by atoms with van der Waals surface area (Å²) in [5.41, 5.74) is 2.86. The van der Waals surface area contributed by atoms with Gasteiger partial charge in [-0.25, -0.2) is 0 Å². The molecule has 1 heterocycles. The Morgan fingerprint density at radius 1 is 1.29 bits per heavy atom. The second-order valence-electron chi connectivity index (χ2n) is 3.80. The van der Waals surface area contributed by atoms with Crippen LogP contribution in [0, 0.1) is 0 Å². The van der Waals surface area contributed by atoms with Crippen molar-refractivity contribution in [2.75, 3.05) is 24.2 Å². The summed E-state index contributed by atoms with van der Waals surface area (Å²) in [4.78, 5) is 2.49. The van der Waals surface area contributed by atoms with Crippen LogP contribution in [-0.2, 0) is 5.75 Å². The molecule has 1 aromatic carbocycles. The standard InChI is InChI=1S/C12H17NS/c1-14-10-11-5-4-6-12(9-11)13-7-2-3-8-13/h4-6,9H,2-3,7-8,10H2,1H3. The van der Waals surface area contributed by atoms with Gasteiger partial charge in [0.15, 0.2) is 0 Å². The van der Waals surface area contributed by atoms with E-state index in [1.165, 1.54) is 37.2 Å². The van der Waals surface area contributed by atoms with Gasteiger partial charge < -0.3 is 4.90 Å². The number of thioether (sulfide) groups is 1. The highest BCUT2D eigenvalue weighted by atomic mass is 32.2. The van der Waals surface area contributed by atoms with Crippen molar-refractivity contribution in [3.8, 4) is 0 Å². The first-order valence-electron chi connectivity index (χ1n) is 5.23. The Bertz CT molecular complexity index is 292. The van der Waals surface area contributed by atoms with Gasteiger partial charge in [-0.3, -0.25) is 0 Å². The zero-order valence-electron chi connectivity index (χ0n) is 8.70.